The molecule has 25 heavy (non-hydrogen) atoms. The number of nitrogens with zero attached hydrogens (tertiary/aromatic N) is 4. The number of fused-ring (bicyclic) bond motifs is 1. The number of aromatic nitrogens is 2. The Hall–Kier alpha value is -2.17. The Morgan fingerprint density at radius 3 is 2.60 bits per heavy atom. The Morgan fingerprint density at radius 1 is 0.880 bits per heavy atom. The third kappa shape index (κ3) is 3.75. The molecule has 4 rings (SSSR count). The lowest BCUT2D eigenvalue weighted by molar-refractivity contribution is 0.285. The first kappa shape index (κ1) is 16.3. The summed E-state index contributed by atoms with van der Waals surface area (Å²) in [6, 6.07) is 16.4. The van der Waals surface area contributed by atoms with Gasteiger partial charge >= 0.3 is 0 Å². The molecule has 5 heteroatoms. The number of hydrogen-bond donors (Lipinski definition) is 0. The van der Waals surface area contributed by atoms with Crippen molar-refractivity contribution >= 4 is 28.3 Å². The summed E-state index contributed by atoms with van der Waals surface area (Å²) in [6.45, 7) is 5.10. The van der Waals surface area contributed by atoms with Gasteiger partial charge in [0.05, 0.1) is 5.52 Å². The lowest BCUT2D eigenvalue weighted by Gasteiger charge is -2.23. The highest BCUT2D eigenvalue weighted by Gasteiger charge is 2.18. The third-order valence-electron chi connectivity index (χ3n) is 4.73. The number of benzene rings is 2. The van der Waals surface area contributed by atoms with E-state index in [0.717, 1.165) is 60.9 Å². The molecule has 0 spiro atoms. The number of hydrogen-bond acceptors (Lipinski definition) is 4. The van der Waals surface area contributed by atoms with Gasteiger partial charge in [-0.1, -0.05) is 35.9 Å². The molecule has 4 nitrogen and oxygen atoms in total. The van der Waals surface area contributed by atoms with Gasteiger partial charge in [0.1, 0.15) is 12.1 Å². The summed E-state index contributed by atoms with van der Waals surface area (Å²) < 4.78 is 0. The van der Waals surface area contributed by atoms with Crippen LogP contribution in [-0.2, 0) is 6.54 Å². The summed E-state index contributed by atoms with van der Waals surface area (Å²) in [5.74, 6) is 1.05. The minimum atomic E-state index is 0.793. The highest BCUT2D eigenvalue weighted by Crippen LogP contribution is 2.24. The van der Waals surface area contributed by atoms with Crippen LogP contribution in [0.25, 0.3) is 10.9 Å². The lowest BCUT2D eigenvalue weighted by Crippen LogP contribution is -2.31. The molecule has 0 N–H and O–H groups in total. The molecule has 2 heterocycles. The molecule has 128 valence electrons. The molecule has 3 aromatic rings. The Morgan fingerprint density at radius 2 is 1.72 bits per heavy atom. The monoisotopic (exact) mass is 352 g/mol. The zero-order valence-electron chi connectivity index (χ0n) is 14.1. The molecule has 0 bridgehead atoms. The third-order valence-corrected chi connectivity index (χ3v) is 4.98. The van der Waals surface area contributed by atoms with Crippen LogP contribution in [0.4, 0.5) is 5.82 Å². The second-order valence-electron chi connectivity index (χ2n) is 6.46. The van der Waals surface area contributed by atoms with Gasteiger partial charge in [-0.25, -0.2) is 9.97 Å². The van der Waals surface area contributed by atoms with Crippen molar-refractivity contribution in [1.82, 2.24) is 14.9 Å². The Kier molecular flexibility index (Phi) is 4.81. The van der Waals surface area contributed by atoms with Crippen LogP contribution in [0.1, 0.15) is 12.0 Å². The summed E-state index contributed by atoms with van der Waals surface area (Å²) >= 11 is 5.98. The molecule has 0 unspecified atom stereocenters. The van der Waals surface area contributed by atoms with Crippen LogP contribution in [-0.4, -0.2) is 41.0 Å². The van der Waals surface area contributed by atoms with E-state index in [4.69, 9.17) is 11.6 Å². The summed E-state index contributed by atoms with van der Waals surface area (Å²) in [7, 11) is 0. The SMILES string of the molecule is Clc1ccc(CN2CCCN(c3ncnc4ccccc34)CC2)cc1. The van der Waals surface area contributed by atoms with Crippen molar-refractivity contribution in [2.75, 3.05) is 31.1 Å². The van der Waals surface area contributed by atoms with Gasteiger partial charge in [-0.3, -0.25) is 4.90 Å². The zero-order valence-corrected chi connectivity index (χ0v) is 14.9. The highest BCUT2D eigenvalue weighted by atomic mass is 35.5. The fraction of sp³-hybridized carbons (Fsp3) is 0.300. The zero-order chi connectivity index (χ0) is 17.1. The van der Waals surface area contributed by atoms with Crippen LogP contribution >= 0.6 is 11.6 Å². The average molecular weight is 353 g/mol. The van der Waals surface area contributed by atoms with Crippen LogP contribution in [0, 0.1) is 0 Å². The van der Waals surface area contributed by atoms with E-state index < -0.39 is 0 Å². The predicted octanol–water partition coefficient (Wildman–Crippen LogP) is 4.00. The topological polar surface area (TPSA) is 32.3 Å². The molecule has 0 amide bonds. The first-order valence-electron chi connectivity index (χ1n) is 8.71. The van der Waals surface area contributed by atoms with E-state index in [-0.39, 0.29) is 0 Å². The second-order valence-corrected chi connectivity index (χ2v) is 6.89. The summed E-state index contributed by atoms with van der Waals surface area (Å²) in [4.78, 5) is 13.9. The van der Waals surface area contributed by atoms with Gasteiger partial charge in [0, 0.05) is 43.1 Å². The van der Waals surface area contributed by atoms with Crippen molar-refractivity contribution in [1.29, 1.82) is 0 Å². The molecule has 1 aliphatic rings. The predicted molar refractivity (Wildman–Crippen MR) is 103 cm³/mol. The Bertz CT molecular complexity index is 844. The smallest absolute Gasteiger partial charge is 0.139 e. The van der Waals surface area contributed by atoms with E-state index >= 15 is 0 Å². The summed E-state index contributed by atoms with van der Waals surface area (Å²) in [5, 5.41) is 1.93. The summed E-state index contributed by atoms with van der Waals surface area (Å²) in [5.41, 5.74) is 2.32. The Balaban J connectivity index is 1.48. The van der Waals surface area contributed by atoms with E-state index in [9.17, 15) is 0 Å². The van der Waals surface area contributed by atoms with Gasteiger partial charge in [-0.15, -0.1) is 0 Å². The van der Waals surface area contributed by atoms with Gasteiger partial charge in [-0.05, 0) is 36.2 Å². The number of halogens is 1. The maximum Gasteiger partial charge on any atom is 0.139 e. The molecular weight excluding hydrogens is 332 g/mol. The van der Waals surface area contributed by atoms with E-state index in [0.29, 0.717) is 0 Å². The van der Waals surface area contributed by atoms with Crippen LogP contribution in [0.15, 0.2) is 54.9 Å². The standard InChI is InChI=1S/C20H21ClN4/c21-17-8-6-16(7-9-17)14-24-10-3-11-25(13-12-24)20-18-4-1-2-5-19(18)22-15-23-20/h1-2,4-9,15H,3,10-14H2. The van der Waals surface area contributed by atoms with Gasteiger partial charge < -0.3 is 4.90 Å². The van der Waals surface area contributed by atoms with E-state index in [1.54, 1.807) is 6.33 Å². The highest BCUT2D eigenvalue weighted by molar-refractivity contribution is 6.30. The van der Waals surface area contributed by atoms with Crippen LogP contribution in [0.5, 0.6) is 0 Å². The van der Waals surface area contributed by atoms with Crippen LogP contribution in [0.3, 0.4) is 0 Å². The van der Waals surface area contributed by atoms with Gasteiger partial charge in [-0.2, -0.15) is 0 Å². The Labute approximate surface area is 153 Å². The lowest BCUT2D eigenvalue weighted by atomic mass is 10.2. The first-order valence-corrected chi connectivity index (χ1v) is 9.09. The molecule has 1 fully saturated rings. The molecule has 0 atom stereocenters. The van der Waals surface area contributed by atoms with Crippen LogP contribution in [0.2, 0.25) is 5.02 Å². The normalized spacial score (nSPS) is 16.1. The molecule has 1 aliphatic heterocycles. The van der Waals surface area contributed by atoms with Gasteiger partial charge in [0.25, 0.3) is 0 Å². The molecule has 1 saturated heterocycles. The van der Waals surface area contributed by atoms with E-state index in [2.05, 4.69) is 44.0 Å². The van der Waals surface area contributed by atoms with Crippen molar-refractivity contribution in [3.8, 4) is 0 Å². The van der Waals surface area contributed by atoms with Crippen molar-refractivity contribution in [3.63, 3.8) is 0 Å². The molecule has 0 saturated carbocycles. The molecule has 0 aliphatic carbocycles. The number of para-hydroxylation sites is 1. The maximum absolute atomic E-state index is 5.98. The molecule has 0 radical (unpaired) electrons. The second kappa shape index (κ2) is 7.38. The largest absolute Gasteiger partial charge is 0.355 e. The number of rotatable bonds is 3. The minimum Gasteiger partial charge on any atom is -0.355 e. The van der Waals surface area contributed by atoms with Crippen molar-refractivity contribution < 1.29 is 0 Å². The molecule has 1 aromatic heterocycles. The number of anilines is 1. The van der Waals surface area contributed by atoms with Crippen molar-refractivity contribution in [2.24, 2.45) is 0 Å². The fourth-order valence-electron chi connectivity index (χ4n) is 3.43. The summed E-state index contributed by atoms with van der Waals surface area (Å²) in [6.07, 6.45) is 2.81. The molecular formula is C20H21ClN4. The molecule has 2 aromatic carbocycles. The first-order chi connectivity index (χ1) is 12.3. The fourth-order valence-corrected chi connectivity index (χ4v) is 3.56. The minimum absolute atomic E-state index is 0.793. The maximum atomic E-state index is 5.98. The average Bonchev–Trinajstić information content (AvgIpc) is 2.89. The van der Waals surface area contributed by atoms with Crippen LogP contribution < -0.4 is 4.90 Å². The van der Waals surface area contributed by atoms with E-state index in [1.807, 2.05) is 24.3 Å². The quantitative estimate of drug-likeness (QED) is 0.713. The van der Waals surface area contributed by atoms with Gasteiger partial charge in [0.2, 0.25) is 0 Å². The van der Waals surface area contributed by atoms with Crippen molar-refractivity contribution in [2.45, 2.75) is 13.0 Å². The van der Waals surface area contributed by atoms with Crippen molar-refractivity contribution in [3.05, 3.63) is 65.4 Å². The van der Waals surface area contributed by atoms with Gasteiger partial charge in [0.15, 0.2) is 0 Å². The van der Waals surface area contributed by atoms with E-state index in [1.165, 1.54) is 5.56 Å².